The summed E-state index contributed by atoms with van der Waals surface area (Å²) in [6, 6.07) is 0. The summed E-state index contributed by atoms with van der Waals surface area (Å²) in [6.45, 7) is 9.23. The van der Waals surface area contributed by atoms with Crippen molar-refractivity contribution in [1.29, 1.82) is 0 Å². The van der Waals surface area contributed by atoms with Gasteiger partial charge in [0.25, 0.3) is 0 Å². The van der Waals surface area contributed by atoms with Crippen LogP contribution in [0.2, 0.25) is 0 Å². The molecule has 1 rings (SSSR count). The molecule has 0 heterocycles. The summed E-state index contributed by atoms with van der Waals surface area (Å²) in [7, 11) is 0. The fraction of sp³-hybridized carbons (Fsp3) is 0.882. The van der Waals surface area contributed by atoms with Crippen molar-refractivity contribution in [2.24, 2.45) is 23.2 Å². The SMILES string of the molecule is CC1CCCC1C(=O)NCCC(CCC(=O)O)C(C)(C)C. The number of hydrogen-bond acceptors (Lipinski definition) is 2. The molecule has 0 bridgehead atoms. The minimum Gasteiger partial charge on any atom is -0.481 e. The second kappa shape index (κ2) is 7.81. The third-order valence-corrected chi connectivity index (χ3v) is 4.92. The van der Waals surface area contributed by atoms with Crippen LogP contribution >= 0.6 is 0 Å². The van der Waals surface area contributed by atoms with Crippen molar-refractivity contribution in [3.63, 3.8) is 0 Å². The molecule has 0 spiro atoms. The molecule has 1 saturated carbocycles. The van der Waals surface area contributed by atoms with Crippen LogP contribution in [-0.4, -0.2) is 23.5 Å². The van der Waals surface area contributed by atoms with Crippen molar-refractivity contribution >= 4 is 11.9 Å². The average Bonchev–Trinajstić information content (AvgIpc) is 2.77. The first-order valence-corrected chi connectivity index (χ1v) is 8.21. The first-order chi connectivity index (χ1) is 9.71. The lowest BCUT2D eigenvalue weighted by atomic mass is 9.76. The minimum atomic E-state index is -0.743. The molecule has 3 atom stereocenters. The van der Waals surface area contributed by atoms with Crippen LogP contribution in [0.5, 0.6) is 0 Å². The highest BCUT2D eigenvalue weighted by Crippen LogP contribution is 2.33. The highest BCUT2D eigenvalue weighted by atomic mass is 16.4. The summed E-state index contributed by atoms with van der Waals surface area (Å²) in [5.74, 6) is 0.432. The molecular formula is C17H31NO3. The van der Waals surface area contributed by atoms with Crippen LogP contribution in [0.25, 0.3) is 0 Å². The molecule has 4 heteroatoms. The van der Waals surface area contributed by atoms with Crippen LogP contribution < -0.4 is 5.32 Å². The molecule has 1 amide bonds. The second-order valence-corrected chi connectivity index (χ2v) is 7.59. The van der Waals surface area contributed by atoms with Gasteiger partial charge in [0, 0.05) is 18.9 Å². The van der Waals surface area contributed by atoms with Gasteiger partial charge < -0.3 is 10.4 Å². The molecule has 1 aliphatic rings. The molecule has 0 saturated heterocycles. The molecule has 122 valence electrons. The summed E-state index contributed by atoms with van der Waals surface area (Å²) >= 11 is 0. The van der Waals surface area contributed by atoms with Gasteiger partial charge in [0.2, 0.25) is 5.91 Å². The van der Waals surface area contributed by atoms with Crippen molar-refractivity contribution in [2.75, 3.05) is 6.54 Å². The zero-order valence-corrected chi connectivity index (χ0v) is 13.9. The molecule has 1 fully saturated rings. The predicted molar refractivity (Wildman–Crippen MR) is 83.9 cm³/mol. The van der Waals surface area contributed by atoms with Gasteiger partial charge >= 0.3 is 5.97 Å². The van der Waals surface area contributed by atoms with E-state index in [0.717, 1.165) is 25.7 Å². The van der Waals surface area contributed by atoms with E-state index in [2.05, 4.69) is 33.0 Å². The topological polar surface area (TPSA) is 66.4 Å². The Morgan fingerprint density at radius 1 is 1.24 bits per heavy atom. The first kappa shape index (κ1) is 18.0. The average molecular weight is 297 g/mol. The molecular weight excluding hydrogens is 266 g/mol. The molecule has 0 aliphatic heterocycles. The number of carboxylic acids is 1. The summed E-state index contributed by atoms with van der Waals surface area (Å²) < 4.78 is 0. The number of hydrogen-bond donors (Lipinski definition) is 2. The van der Waals surface area contributed by atoms with Gasteiger partial charge in [0.05, 0.1) is 0 Å². The maximum Gasteiger partial charge on any atom is 0.303 e. The van der Waals surface area contributed by atoms with E-state index >= 15 is 0 Å². The van der Waals surface area contributed by atoms with Crippen molar-refractivity contribution < 1.29 is 14.7 Å². The summed E-state index contributed by atoms with van der Waals surface area (Å²) in [4.78, 5) is 22.9. The van der Waals surface area contributed by atoms with Gasteiger partial charge in [-0.15, -0.1) is 0 Å². The Bertz CT molecular complexity index is 360. The molecule has 0 aromatic rings. The molecule has 2 N–H and O–H groups in total. The van der Waals surface area contributed by atoms with E-state index in [0.29, 0.717) is 24.8 Å². The third kappa shape index (κ3) is 6.06. The van der Waals surface area contributed by atoms with E-state index in [1.807, 2.05) is 0 Å². The Morgan fingerprint density at radius 3 is 2.38 bits per heavy atom. The smallest absolute Gasteiger partial charge is 0.303 e. The Balaban J connectivity index is 2.38. The van der Waals surface area contributed by atoms with E-state index in [-0.39, 0.29) is 23.7 Å². The molecule has 1 aliphatic carbocycles. The number of carboxylic acid groups (broad SMARTS) is 1. The summed E-state index contributed by atoms with van der Waals surface area (Å²) in [5.41, 5.74) is 0.0703. The fourth-order valence-electron chi connectivity index (χ4n) is 3.34. The second-order valence-electron chi connectivity index (χ2n) is 7.59. The Kier molecular flexibility index (Phi) is 6.69. The Labute approximate surface area is 128 Å². The number of carbonyl (C=O) groups excluding carboxylic acids is 1. The maximum atomic E-state index is 12.1. The van der Waals surface area contributed by atoms with E-state index in [1.165, 1.54) is 0 Å². The van der Waals surface area contributed by atoms with E-state index < -0.39 is 5.97 Å². The summed E-state index contributed by atoms with van der Waals surface area (Å²) in [5, 5.41) is 11.9. The van der Waals surface area contributed by atoms with Gasteiger partial charge in [0.15, 0.2) is 0 Å². The quantitative estimate of drug-likeness (QED) is 0.756. The number of nitrogens with one attached hydrogen (secondary N) is 1. The third-order valence-electron chi connectivity index (χ3n) is 4.92. The maximum absolute atomic E-state index is 12.1. The van der Waals surface area contributed by atoms with Gasteiger partial charge in [-0.2, -0.15) is 0 Å². The number of amides is 1. The van der Waals surface area contributed by atoms with E-state index in [4.69, 9.17) is 5.11 Å². The standard InChI is InChI=1S/C17H31NO3/c1-12-6-5-7-14(12)16(21)18-11-10-13(17(2,3)4)8-9-15(19)20/h12-14H,5-11H2,1-4H3,(H,18,21)(H,19,20). The normalized spacial score (nSPS) is 23.8. The van der Waals surface area contributed by atoms with Crippen LogP contribution in [-0.2, 0) is 9.59 Å². The fourth-order valence-corrected chi connectivity index (χ4v) is 3.34. The molecule has 0 radical (unpaired) electrons. The van der Waals surface area contributed by atoms with E-state index in [1.54, 1.807) is 0 Å². The lowest BCUT2D eigenvalue weighted by Gasteiger charge is -2.30. The number of rotatable bonds is 7. The van der Waals surface area contributed by atoms with E-state index in [9.17, 15) is 9.59 Å². The number of carbonyl (C=O) groups is 2. The van der Waals surface area contributed by atoms with Crippen molar-refractivity contribution in [3.8, 4) is 0 Å². The van der Waals surface area contributed by atoms with Crippen molar-refractivity contribution in [3.05, 3.63) is 0 Å². The minimum absolute atomic E-state index is 0.0703. The van der Waals surface area contributed by atoms with Crippen LogP contribution in [0.4, 0.5) is 0 Å². The van der Waals surface area contributed by atoms with Gasteiger partial charge in [0.1, 0.15) is 0 Å². The highest BCUT2D eigenvalue weighted by Gasteiger charge is 2.30. The van der Waals surface area contributed by atoms with Crippen molar-refractivity contribution in [1.82, 2.24) is 5.32 Å². The Morgan fingerprint density at radius 2 is 1.90 bits per heavy atom. The lowest BCUT2D eigenvalue weighted by Crippen LogP contribution is -2.34. The van der Waals surface area contributed by atoms with Crippen LogP contribution in [0.15, 0.2) is 0 Å². The predicted octanol–water partition coefficient (Wildman–Crippen LogP) is 3.46. The van der Waals surface area contributed by atoms with Gasteiger partial charge in [-0.1, -0.05) is 34.1 Å². The van der Waals surface area contributed by atoms with Gasteiger partial charge in [-0.25, -0.2) is 0 Å². The largest absolute Gasteiger partial charge is 0.481 e. The van der Waals surface area contributed by atoms with Crippen LogP contribution in [0.3, 0.4) is 0 Å². The van der Waals surface area contributed by atoms with Crippen LogP contribution in [0, 0.1) is 23.2 Å². The van der Waals surface area contributed by atoms with Gasteiger partial charge in [-0.05, 0) is 42.9 Å². The monoisotopic (exact) mass is 297 g/mol. The number of aliphatic carboxylic acids is 1. The molecule has 4 nitrogen and oxygen atoms in total. The highest BCUT2D eigenvalue weighted by molar-refractivity contribution is 5.79. The van der Waals surface area contributed by atoms with Crippen molar-refractivity contribution in [2.45, 2.75) is 66.2 Å². The zero-order chi connectivity index (χ0) is 16.0. The lowest BCUT2D eigenvalue weighted by molar-refractivity contribution is -0.137. The molecule has 21 heavy (non-hydrogen) atoms. The zero-order valence-electron chi connectivity index (χ0n) is 13.9. The summed E-state index contributed by atoms with van der Waals surface area (Å²) in [6.07, 6.45) is 5.05. The Hall–Kier alpha value is -1.06. The molecule has 0 aromatic carbocycles. The molecule has 0 aromatic heterocycles. The molecule has 3 unspecified atom stereocenters. The van der Waals surface area contributed by atoms with Crippen LogP contribution in [0.1, 0.15) is 66.2 Å². The first-order valence-electron chi connectivity index (χ1n) is 8.21. The van der Waals surface area contributed by atoms with Gasteiger partial charge in [-0.3, -0.25) is 9.59 Å².